The molecule has 0 unspecified atom stereocenters. The molecule has 1 aromatic carbocycles. The van der Waals surface area contributed by atoms with E-state index in [0.717, 1.165) is 0 Å². The molecule has 0 spiro atoms. The molecule has 0 heterocycles. The lowest BCUT2D eigenvalue weighted by molar-refractivity contribution is -0.142. The predicted molar refractivity (Wildman–Crippen MR) is 64.7 cm³/mol. The van der Waals surface area contributed by atoms with Gasteiger partial charge < -0.3 is 9.84 Å². The Morgan fingerprint density at radius 2 is 1.88 bits per heavy atom. The third kappa shape index (κ3) is 8.00. The van der Waals surface area contributed by atoms with Gasteiger partial charge in [-0.15, -0.1) is 0 Å². The van der Waals surface area contributed by atoms with Crippen molar-refractivity contribution in [1.29, 1.82) is 0 Å². The number of carbonyl (C=O) groups is 1. The highest BCUT2D eigenvalue weighted by Gasteiger charge is 1.93. The van der Waals surface area contributed by atoms with Crippen molar-refractivity contribution in [2.75, 3.05) is 13.2 Å². The van der Waals surface area contributed by atoms with Crippen LogP contribution in [-0.4, -0.2) is 24.3 Å². The number of aliphatic carboxylic acids is 1. The minimum atomic E-state index is -0.915. The fraction of sp³-hybridized carbons (Fsp3) is 0.462. The summed E-state index contributed by atoms with van der Waals surface area (Å²) in [5, 5.41) is 7.92. The molecule has 1 aromatic rings. The van der Waals surface area contributed by atoms with Gasteiger partial charge in [-0.25, -0.2) is 4.79 Å². The van der Waals surface area contributed by atoms with Crippen LogP contribution < -0.4 is 0 Å². The average molecular weight is 224 g/mol. The second-order valence-corrected chi connectivity index (χ2v) is 3.60. The van der Waals surface area contributed by atoms with Gasteiger partial charge in [-0.3, -0.25) is 0 Å². The minimum Gasteiger partial charge on any atom is -0.480 e. The van der Waals surface area contributed by atoms with Crippen molar-refractivity contribution in [2.45, 2.75) is 26.7 Å². The van der Waals surface area contributed by atoms with Crippen LogP contribution in [0.5, 0.6) is 0 Å². The number of benzene rings is 1. The first-order valence-corrected chi connectivity index (χ1v) is 5.42. The number of carboxylic acids is 1. The van der Waals surface area contributed by atoms with E-state index >= 15 is 0 Å². The first kappa shape index (κ1) is 14.6. The van der Waals surface area contributed by atoms with Crippen LogP contribution in [0.1, 0.15) is 32.3 Å². The van der Waals surface area contributed by atoms with Gasteiger partial charge in [0.15, 0.2) is 0 Å². The second-order valence-electron chi connectivity index (χ2n) is 3.60. The van der Waals surface area contributed by atoms with Crippen LogP contribution in [0.2, 0.25) is 0 Å². The van der Waals surface area contributed by atoms with Crippen molar-refractivity contribution in [3.05, 3.63) is 35.9 Å². The van der Waals surface area contributed by atoms with E-state index in [1.807, 2.05) is 6.07 Å². The molecule has 0 aliphatic rings. The summed E-state index contributed by atoms with van der Waals surface area (Å²) in [6.45, 7) is 6.44. The standard InChI is InChI=1S/C9H12.C4H8O3/c1-8(2)9-6-4-3-5-7-9;1-2-7-3-4(5)6/h3-8H,1-2H3;2-3H2,1H3,(H,5,6). The van der Waals surface area contributed by atoms with Crippen LogP contribution in [0.3, 0.4) is 0 Å². The third-order valence-corrected chi connectivity index (χ3v) is 1.90. The summed E-state index contributed by atoms with van der Waals surface area (Å²) in [5.74, 6) is -0.256. The van der Waals surface area contributed by atoms with Crippen molar-refractivity contribution < 1.29 is 14.6 Å². The van der Waals surface area contributed by atoms with Gasteiger partial charge in [0.1, 0.15) is 6.61 Å². The third-order valence-electron chi connectivity index (χ3n) is 1.90. The molecule has 0 saturated heterocycles. The Bertz CT molecular complexity index is 280. The Morgan fingerprint density at radius 1 is 1.31 bits per heavy atom. The summed E-state index contributed by atoms with van der Waals surface area (Å²) in [4.78, 5) is 9.63. The molecule has 0 radical (unpaired) electrons. The van der Waals surface area contributed by atoms with Crippen LogP contribution in [0.15, 0.2) is 30.3 Å². The smallest absolute Gasteiger partial charge is 0.329 e. The number of hydrogen-bond acceptors (Lipinski definition) is 2. The fourth-order valence-corrected chi connectivity index (χ4v) is 1.03. The lowest BCUT2D eigenvalue weighted by Crippen LogP contribution is -2.05. The molecule has 0 amide bonds. The highest BCUT2D eigenvalue weighted by Crippen LogP contribution is 2.11. The molecule has 0 aliphatic heterocycles. The Balaban J connectivity index is 0.000000293. The summed E-state index contributed by atoms with van der Waals surface area (Å²) >= 11 is 0. The van der Waals surface area contributed by atoms with Gasteiger partial charge in [0.05, 0.1) is 0 Å². The summed E-state index contributed by atoms with van der Waals surface area (Å²) in [6.07, 6.45) is 0. The Morgan fingerprint density at radius 3 is 2.12 bits per heavy atom. The molecule has 1 rings (SSSR count). The molecule has 0 atom stereocenters. The van der Waals surface area contributed by atoms with E-state index in [1.54, 1.807) is 6.92 Å². The summed E-state index contributed by atoms with van der Waals surface area (Å²) < 4.78 is 4.50. The molecule has 1 N–H and O–H groups in total. The van der Waals surface area contributed by atoms with Crippen LogP contribution >= 0.6 is 0 Å². The van der Waals surface area contributed by atoms with E-state index in [-0.39, 0.29) is 6.61 Å². The zero-order valence-corrected chi connectivity index (χ0v) is 10.1. The summed E-state index contributed by atoms with van der Waals surface area (Å²) in [6, 6.07) is 10.5. The normalized spacial score (nSPS) is 9.50. The number of hydrogen-bond donors (Lipinski definition) is 1. The maximum Gasteiger partial charge on any atom is 0.329 e. The van der Waals surface area contributed by atoms with Crippen molar-refractivity contribution in [3.8, 4) is 0 Å². The maximum absolute atomic E-state index is 9.63. The van der Waals surface area contributed by atoms with Gasteiger partial charge in [0.25, 0.3) is 0 Å². The Labute approximate surface area is 97.1 Å². The Hall–Kier alpha value is -1.35. The number of carboxylic acid groups (broad SMARTS) is 1. The van der Waals surface area contributed by atoms with Gasteiger partial charge in [-0.05, 0) is 18.4 Å². The molecule has 0 fully saturated rings. The average Bonchev–Trinajstić information content (AvgIpc) is 2.28. The van der Waals surface area contributed by atoms with E-state index in [9.17, 15) is 4.79 Å². The lowest BCUT2D eigenvalue weighted by Gasteiger charge is -2.01. The van der Waals surface area contributed by atoms with E-state index < -0.39 is 5.97 Å². The second kappa shape index (κ2) is 8.92. The van der Waals surface area contributed by atoms with Crippen LogP contribution in [0.25, 0.3) is 0 Å². The molecular formula is C13H20O3. The molecule has 0 bridgehead atoms. The molecule has 90 valence electrons. The largest absolute Gasteiger partial charge is 0.480 e. The topological polar surface area (TPSA) is 46.5 Å². The summed E-state index contributed by atoms with van der Waals surface area (Å²) in [5.41, 5.74) is 1.41. The molecule has 3 heteroatoms. The number of rotatable bonds is 4. The van der Waals surface area contributed by atoms with E-state index in [2.05, 4.69) is 42.8 Å². The van der Waals surface area contributed by atoms with Crippen LogP contribution in [0.4, 0.5) is 0 Å². The van der Waals surface area contributed by atoms with Crippen molar-refractivity contribution >= 4 is 5.97 Å². The monoisotopic (exact) mass is 224 g/mol. The number of ether oxygens (including phenoxy) is 1. The molecule has 0 aliphatic carbocycles. The zero-order chi connectivity index (χ0) is 12.4. The van der Waals surface area contributed by atoms with Crippen molar-refractivity contribution in [2.24, 2.45) is 0 Å². The molecule has 0 aromatic heterocycles. The first-order valence-electron chi connectivity index (χ1n) is 5.42. The SMILES string of the molecule is CC(C)c1ccccc1.CCOCC(=O)O. The molecule has 0 saturated carbocycles. The quantitative estimate of drug-likeness (QED) is 0.855. The molecule has 3 nitrogen and oxygen atoms in total. The highest BCUT2D eigenvalue weighted by atomic mass is 16.5. The van der Waals surface area contributed by atoms with Gasteiger partial charge >= 0.3 is 5.97 Å². The zero-order valence-electron chi connectivity index (χ0n) is 10.1. The van der Waals surface area contributed by atoms with Crippen LogP contribution in [0, 0.1) is 0 Å². The molecular weight excluding hydrogens is 204 g/mol. The maximum atomic E-state index is 9.63. The van der Waals surface area contributed by atoms with Crippen LogP contribution in [-0.2, 0) is 9.53 Å². The van der Waals surface area contributed by atoms with Crippen molar-refractivity contribution in [3.63, 3.8) is 0 Å². The van der Waals surface area contributed by atoms with Crippen molar-refractivity contribution in [1.82, 2.24) is 0 Å². The van der Waals surface area contributed by atoms with Gasteiger partial charge in [-0.1, -0.05) is 44.2 Å². The Kier molecular flexibility index (Phi) is 8.17. The van der Waals surface area contributed by atoms with E-state index in [4.69, 9.17) is 5.11 Å². The predicted octanol–water partition coefficient (Wildman–Crippen LogP) is 2.92. The van der Waals surface area contributed by atoms with E-state index in [0.29, 0.717) is 12.5 Å². The van der Waals surface area contributed by atoms with Gasteiger partial charge in [0, 0.05) is 6.61 Å². The first-order chi connectivity index (χ1) is 7.57. The fourth-order valence-electron chi connectivity index (χ4n) is 1.03. The van der Waals surface area contributed by atoms with Gasteiger partial charge in [-0.2, -0.15) is 0 Å². The van der Waals surface area contributed by atoms with Gasteiger partial charge in [0.2, 0.25) is 0 Å². The minimum absolute atomic E-state index is 0.184. The van der Waals surface area contributed by atoms with E-state index in [1.165, 1.54) is 5.56 Å². The highest BCUT2D eigenvalue weighted by molar-refractivity contribution is 5.67. The summed E-state index contributed by atoms with van der Waals surface area (Å²) in [7, 11) is 0. The lowest BCUT2D eigenvalue weighted by atomic mass is 10.0. The molecule has 16 heavy (non-hydrogen) atoms.